The van der Waals surface area contributed by atoms with Crippen molar-refractivity contribution in [2.75, 3.05) is 5.43 Å². The van der Waals surface area contributed by atoms with E-state index in [1.54, 1.807) is 43.3 Å². The molecule has 0 saturated carbocycles. The predicted molar refractivity (Wildman–Crippen MR) is 90.3 cm³/mol. The van der Waals surface area contributed by atoms with E-state index in [1.165, 1.54) is 0 Å². The van der Waals surface area contributed by atoms with Crippen molar-refractivity contribution in [3.63, 3.8) is 0 Å². The van der Waals surface area contributed by atoms with Crippen LogP contribution in [-0.4, -0.2) is 15.8 Å². The van der Waals surface area contributed by atoms with Gasteiger partial charge >= 0.3 is 0 Å². The van der Waals surface area contributed by atoms with E-state index in [-0.39, 0.29) is 17.9 Å². The quantitative estimate of drug-likeness (QED) is 0.804. The Bertz CT molecular complexity index is 933. The molecule has 0 aliphatic carbocycles. The number of aryl methyl sites for hydroxylation is 1. The second kappa shape index (κ2) is 6.22. The van der Waals surface area contributed by atoms with E-state index >= 15 is 0 Å². The average molecular weight is 328 g/mol. The summed E-state index contributed by atoms with van der Waals surface area (Å²) in [5.74, 6) is -0.323. The highest BCUT2D eigenvalue weighted by Gasteiger charge is 2.10. The van der Waals surface area contributed by atoms with Crippen LogP contribution < -0.4 is 11.0 Å². The van der Waals surface area contributed by atoms with Gasteiger partial charge in [-0.3, -0.25) is 9.59 Å². The fourth-order valence-corrected chi connectivity index (χ4v) is 2.50. The molecule has 1 N–H and O–H groups in total. The highest BCUT2D eigenvalue weighted by atomic mass is 35.5. The maximum absolute atomic E-state index is 12.4. The fourth-order valence-electron chi connectivity index (χ4n) is 2.37. The second-order valence-electron chi connectivity index (χ2n) is 5.19. The Kier molecular flexibility index (Phi) is 4.12. The van der Waals surface area contributed by atoms with Gasteiger partial charge in [0.15, 0.2) is 0 Å². The SMILES string of the molecule is Cc1nn(NC(=O)Cc2ccc(Cl)cc2)c(=O)c2ccccc12. The van der Waals surface area contributed by atoms with Crippen molar-refractivity contribution in [2.24, 2.45) is 0 Å². The summed E-state index contributed by atoms with van der Waals surface area (Å²) >= 11 is 5.82. The number of rotatable bonds is 3. The lowest BCUT2D eigenvalue weighted by atomic mass is 10.1. The molecule has 3 rings (SSSR count). The first-order valence-corrected chi connectivity index (χ1v) is 7.45. The van der Waals surface area contributed by atoms with Crippen molar-refractivity contribution in [3.8, 4) is 0 Å². The second-order valence-corrected chi connectivity index (χ2v) is 5.62. The van der Waals surface area contributed by atoms with Gasteiger partial charge in [0.2, 0.25) is 5.91 Å². The number of fused-ring (bicyclic) bond motifs is 1. The molecule has 0 spiro atoms. The van der Waals surface area contributed by atoms with Crippen LogP contribution in [0.5, 0.6) is 0 Å². The van der Waals surface area contributed by atoms with Crippen molar-refractivity contribution in [2.45, 2.75) is 13.3 Å². The smallest absolute Gasteiger partial charge is 0.273 e. The molecule has 0 unspecified atom stereocenters. The Balaban J connectivity index is 1.86. The van der Waals surface area contributed by atoms with Crippen LogP contribution in [-0.2, 0) is 11.2 Å². The number of amides is 1. The summed E-state index contributed by atoms with van der Waals surface area (Å²) in [4.78, 5) is 25.5. The number of aromatic nitrogens is 2. The van der Waals surface area contributed by atoms with Gasteiger partial charge in [0, 0.05) is 10.4 Å². The van der Waals surface area contributed by atoms with Crippen LogP contribution in [0, 0.1) is 6.92 Å². The summed E-state index contributed by atoms with van der Waals surface area (Å²) < 4.78 is 0. The van der Waals surface area contributed by atoms with Gasteiger partial charge in [-0.1, -0.05) is 41.9 Å². The summed E-state index contributed by atoms with van der Waals surface area (Å²) in [6, 6.07) is 14.1. The van der Waals surface area contributed by atoms with Gasteiger partial charge < -0.3 is 0 Å². The summed E-state index contributed by atoms with van der Waals surface area (Å²) in [5, 5.41) is 6.05. The molecule has 0 atom stereocenters. The summed E-state index contributed by atoms with van der Waals surface area (Å²) in [6.07, 6.45) is 0.136. The molecular weight excluding hydrogens is 314 g/mol. The molecule has 1 aromatic heterocycles. The molecule has 0 aliphatic rings. The van der Waals surface area contributed by atoms with E-state index in [2.05, 4.69) is 10.5 Å². The minimum absolute atomic E-state index is 0.136. The Hall–Kier alpha value is -2.66. The number of nitrogens with one attached hydrogen (secondary N) is 1. The largest absolute Gasteiger partial charge is 0.294 e. The molecule has 5 nitrogen and oxygen atoms in total. The van der Waals surface area contributed by atoms with E-state index in [0.29, 0.717) is 16.1 Å². The first kappa shape index (κ1) is 15.2. The molecule has 0 radical (unpaired) electrons. The number of halogens is 1. The highest BCUT2D eigenvalue weighted by molar-refractivity contribution is 6.30. The third-order valence-electron chi connectivity index (χ3n) is 3.50. The Morgan fingerprint density at radius 1 is 1.13 bits per heavy atom. The third-order valence-corrected chi connectivity index (χ3v) is 3.75. The third kappa shape index (κ3) is 3.24. The van der Waals surface area contributed by atoms with E-state index in [4.69, 9.17) is 11.6 Å². The van der Waals surface area contributed by atoms with Crippen LogP contribution in [0.25, 0.3) is 10.8 Å². The van der Waals surface area contributed by atoms with Gasteiger partial charge in [-0.2, -0.15) is 5.10 Å². The standard InChI is InChI=1S/C17H14ClN3O2/c1-11-14-4-2-3-5-15(14)17(23)21(19-11)20-16(22)10-12-6-8-13(18)9-7-12/h2-9H,10H2,1H3,(H,20,22). The number of benzene rings is 2. The van der Waals surface area contributed by atoms with E-state index < -0.39 is 0 Å². The molecule has 1 heterocycles. The minimum Gasteiger partial charge on any atom is -0.273 e. The van der Waals surface area contributed by atoms with Crippen LogP contribution >= 0.6 is 11.6 Å². The van der Waals surface area contributed by atoms with Gasteiger partial charge in [0.1, 0.15) is 0 Å². The van der Waals surface area contributed by atoms with Gasteiger partial charge in [0.05, 0.1) is 17.5 Å². The molecule has 2 aromatic carbocycles. The van der Waals surface area contributed by atoms with Gasteiger partial charge in [0.25, 0.3) is 5.56 Å². The molecule has 3 aromatic rings. The average Bonchev–Trinajstić information content (AvgIpc) is 2.54. The van der Waals surface area contributed by atoms with Gasteiger partial charge in [-0.15, -0.1) is 4.79 Å². The molecule has 23 heavy (non-hydrogen) atoms. The summed E-state index contributed by atoms with van der Waals surface area (Å²) in [6.45, 7) is 1.80. The molecule has 1 amide bonds. The zero-order chi connectivity index (χ0) is 16.4. The van der Waals surface area contributed by atoms with E-state index in [9.17, 15) is 9.59 Å². The Morgan fingerprint density at radius 3 is 2.48 bits per heavy atom. The van der Waals surface area contributed by atoms with Crippen molar-refractivity contribution in [1.82, 2.24) is 9.89 Å². The lowest BCUT2D eigenvalue weighted by molar-refractivity contribution is -0.116. The molecule has 116 valence electrons. The first-order valence-electron chi connectivity index (χ1n) is 7.07. The van der Waals surface area contributed by atoms with Crippen molar-refractivity contribution < 1.29 is 4.79 Å². The van der Waals surface area contributed by atoms with Crippen molar-refractivity contribution in [1.29, 1.82) is 0 Å². The number of carbonyl (C=O) groups excluding carboxylic acids is 1. The summed E-state index contributed by atoms with van der Waals surface area (Å²) in [5.41, 5.74) is 3.65. The summed E-state index contributed by atoms with van der Waals surface area (Å²) in [7, 11) is 0. The maximum atomic E-state index is 12.4. The number of nitrogens with zero attached hydrogens (tertiary/aromatic N) is 2. The molecule has 0 aliphatic heterocycles. The van der Waals surface area contributed by atoms with Crippen LogP contribution in [0.15, 0.2) is 53.3 Å². The first-order chi connectivity index (χ1) is 11.0. The number of hydrogen-bond donors (Lipinski definition) is 1. The normalized spacial score (nSPS) is 10.7. The van der Waals surface area contributed by atoms with Crippen LogP contribution in [0.2, 0.25) is 5.02 Å². The Labute approximate surface area is 137 Å². The number of carbonyl (C=O) groups is 1. The highest BCUT2D eigenvalue weighted by Crippen LogP contribution is 2.12. The van der Waals surface area contributed by atoms with Crippen molar-refractivity contribution in [3.05, 3.63) is 75.2 Å². The molecule has 0 fully saturated rings. The van der Waals surface area contributed by atoms with Crippen LogP contribution in [0.4, 0.5) is 0 Å². The predicted octanol–water partition coefficient (Wildman–Crippen LogP) is 2.67. The fraction of sp³-hybridized carbons (Fsp3) is 0.118. The maximum Gasteiger partial charge on any atom is 0.294 e. The molecule has 0 saturated heterocycles. The minimum atomic E-state index is -0.351. The van der Waals surface area contributed by atoms with Crippen molar-refractivity contribution >= 4 is 28.3 Å². The zero-order valence-corrected chi connectivity index (χ0v) is 13.2. The topological polar surface area (TPSA) is 64.0 Å². The molecule has 6 heteroatoms. The van der Waals surface area contributed by atoms with Crippen LogP contribution in [0.3, 0.4) is 0 Å². The Morgan fingerprint density at radius 2 is 1.78 bits per heavy atom. The molecule has 0 bridgehead atoms. The zero-order valence-electron chi connectivity index (χ0n) is 12.4. The van der Waals surface area contributed by atoms with Gasteiger partial charge in [-0.25, -0.2) is 5.43 Å². The molecular formula is C17H14ClN3O2. The van der Waals surface area contributed by atoms with Crippen LogP contribution in [0.1, 0.15) is 11.3 Å². The van der Waals surface area contributed by atoms with E-state index in [0.717, 1.165) is 15.7 Å². The lowest BCUT2D eigenvalue weighted by Gasteiger charge is -2.10. The lowest BCUT2D eigenvalue weighted by Crippen LogP contribution is -2.36. The van der Waals surface area contributed by atoms with Gasteiger partial charge in [-0.05, 0) is 30.7 Å². The van der Waals surface area contributed by atoms with E-state index in [1.807, 2.05) is 12.1 Å². The number of hydrogen-bond acceptors (Lipinski definition) is 3. The monoisotopic (exact) mass is 327 g/mol.